The van der Waals surface area contributed by atoms with Crippen LogP contribution in [0.5, 0.6) is 5.88 Å². The minimum atomic E-state index is 0.428. The summed E-state index contributed by atoms with van der Waals surface area (Å²) >= 11 is 3.33. The first-order chi connectivity index (χ1) is 4.79. The Bertz CT molecular complexity index is 278. The topological polar surface area (TPSA) is 45.9 Å². The van der Waals surface area contributed by atoms with Crippen LogP contribution in [0.3, 0.4) is 0 Å². The first-order valence-corrected chi connectivity index (χ1v) is 4.24. The van der Waals surface area contributed by atoms with Crippen LogP contribution in [0, 0.1) is 14.2 Å². The fourth-order valence-corrected chi connectivity index (χ4v) is 1.69. The third-order valence-electron chi connectivity index (χ3n) is 0.924. The Kier molecular flexibility index (Phi) is 2.45. The lowest BCUT2D eigenvalue weighted by Gasteiger charge is -1.89. The molecule has 0 saturated carbocycles. The minimum absolute atomic E-state index is 0.428. The van der Waals surface area contributed by atoms with E-state index in [1.807, 2.05) is 6.07 Å². The lowest BCUT2D eigenvalue weighted by atomic mass is 10.4. The van der Waals surface area contributed by atoms with Crippen molar-refractivity contribution in [2.24, 2.45) is 0 Å². The molecule has 1 rings (SSSR count). The van der Waals surface area contributed by atoms with Crippen molar-refractivity contribution in [3.63, 3.8) is 0 Å². The van der Waals surface area contributed by atoms with Gasteiger partial charge in [0.1, 0.15) is 14.5 Å². The van der Waals surface area contributed by atoms with Gasteiger partial charge in [-0.2, -0.15) is 9.64 Å². The first-order valence-electron chi connectivity index (χ1n) is 2.39. The molecule has 1 aromatic rings. The molecule has 0 aliphatic heterocycles. The average Bonchev–Trinajstić information content (AvgIpc) is 2.30. The van der Waals surface area contributed by atoms with Gasteiger partial charge in [0.15, 0.2) is 0 Å². The molecule has 0 unspecified atom stereocenters. The Labute approximate surface area is 75.9 Å². The van der Waals surface area contributed by atoms with E-state index in [1.165, 1.54) is 18.6 Å². The molecule has 0 fully saturated rings. The van der Waals surface area contributed by atoms with Crippen molar-refractivity contribution in [2.45, 2.75) is 0 Å². The maximum atomic E-state index is 8.55. The molecular weight excluding hydrogens is 263 g/mol. The van der Waals surface area contributed by atoms with Gasteiger partial charge in [-0.1, -0.05) is 0 Å². The summed E-state index contributed by atoms with van der Waals surface area (Å²) in [5.74, 6) is 0.428. The smallest absolute Gasteiger partial charge is 0.244 e. The number of aromatic nitrogens is 1. The summed E-state index contributed by atoms with van der Waals surface area (Å²) in [6.07, 6.45) is 0. The standard InChI is InChI=1S/C5H3IN2OS/c1-9-5-3(2-7)4(6)10-8-5/h1H3. The second kappa shape index (κ2) is 3.16. The molecule has 1 heterocycles. The predicted molar refractivity (Wildman–Crippen MR) is 46.1 cm³/mol. The molecule has 52 valence electrons. The van der Waals surface area contributed by atoms with Crippen molar-refractivity contribution in [3.05, 3.63) is 8.45 Å². The van der Waals surface area contributed by atoms with E-state index in [2.05, 4.69) is 27.0 Å². The molecule has 0 atom stereocenters. The van der Waals surface area contributed by atoms with Crippen molar-refractivity contribution >= 4 is 34.1 Å². The largest absolute Gasteiger partial charge is 0.479 e. The lowest BCUT2D eigenvalue weighted by molar-refractivity contribution is 0.401. The Morgan fingerprint density at radius 3 is 2.90 bits per heavy atom. The molecule has 0 bridgehead atoms. The van der Waals surface area contributed by atoms with Crippen molar-refractivity contribution in [1.29, 1.82) is 5.26 Å². The van der Waals surface area contributed by atoms with Crippen LogP contribution in [0.4, 0.5) is 0 Å². The lowest BCUT2D eigenvalue weighted by Crippen LogP contribution is -1.84. The number of hydrogen-bond donors (Lipinski definition) is 0. The Hall–Kier alpha value is -0.350. The molecule has 10 heavy (non-hydrogen) atoms. The number of nitriles is 1. The monoisotopic (exact) mass is 266 g/mol. The highest BCUT2D eigenvalue weighted by molar-refractivity contribution is 14.1. The third kappa shape index (κ3) is 1.22. The molecular formula is C5H3IN2OS. The Balaban J connectivity index is 3.17. The molecule has 0 N–H and O–H groups in total. The normalized spacial score (nSPS) is 8.90. The van der Waals surface area contributed by atoms with E-state index >= 15 is 0 Å². The highest BCUT2D eigenvalue weighted by atomic mass is 127. The average molecular weight is 266 g/mol. The molecule has 0 radical (unpaired) electrons. The van der Waals surface area contributed by atoms with Crippen LogP contribution >= 0.6 is 34.1 Å². The van der Waals surface area contributed by atoms with Gasteiger partial charge < -0.3 is 4.74 Å². The summed E-state index contributed by atoms with van der Waals surface area (Å²) in [7, 11) is 1.51. The summed E-state index contributed by atoms with van der Waals surface area (Å²) in [6, 6.07) is 2.01. The highest BCUT2D eigenvalue weighted by Crippen LogP contribution is 2.25. The fraction of sp³-hybridized carbons (Fsp3) is 0.200. The van der Waals surface area contributed by atoms with Crippen molar-refractivity contribution in [1.82, 2.24) is 4.37 Å². The van der Waals surface area contributed by atoms with E-state index in [-0.39, 0.29) is 0 Å². The maximum absolute atomic E-state index is 8.55. The third-order valence-corrected chi connectivity index (χ3v) is 2.68. The van der Waals surface area contributed by atoms with E-state index in [9.17, 15) is 0 Å². The van der Waals surface area contributed by atoms with Crippen LogP contribution < -0.4 is 4.74 Å². The zero-order chi connectivity index (χ0) is 7.56. The summed E-state index contributed by atoms with van der Waals surface area (Å²) < 4.78 is 9.60. The Morgan fingerprint density at radius 2 is 2.50 bits per heavy atom. The van der Waals surface area contributed by atoms with Gasteiger partial charge in [0.05, 0.1) is 7.11 Å². The van der Waals surface area contributed by atoms with Crippen LogP contribution in [0.1, 0.15) is 5.56 Å². The van der Waals surface area contributed by atoms with Crippen LogP contribution in [0.25, 0.3) is 0 Å². The van der Waals surface area contributed by atoms with Crippen molar-refractivity contribution in [2.75, 3.05) is 7.11 Å². The number of methoxy groups -OCH3 is 1. The van der Waals surface area contributed by atoms with E-state index in [4.69, 9.17) is 10.00 Å². The van der Waals surface area contributed by atoms with Gasteiger partial charge in [0.25, 0.3) is 0 Å². The van der Waals surface area contributed by atoms with E-state index in [0.29, 0.717) is 11.4 Å². The molecule has 0 saturated heterocycles. The zero-order valence-corrected chi connectivity index (χ0v) is 8.06. The van der Waals surface area contributed by atoms with Gasteiger partial charge >= 0.3 is 0 Å². The van der Waals surface area contributed by atoms with Gasteiger partial charge in [-0.05, 0) is 34.1 Å². The molecule has 5 heteroatoms. The van der Waals surface area contributed by atoms with Gasteiger partial charge in [-0.15, -0.1) is 0 Å². The van der Waals surface area contributed by atoms with Crippen molar-refractivity contribution < 1.29 is 4.74 Å². The quantitative estimate of drug-likeness (QED) is 0.726. The molecule has 1 aromatic heterocycles. The molecule has 3 nitrogen and oxygen atoms in total. The van der Waals surface area contributed by atoms with Gasteiger partial charge in [-0.3, -0.25) is 0 Å². The van der Waals surface area contributed by atoms with E-state index in [0.717, 1.165) is 2.88 Å². The SMILES string of the molecule is COc1nsc(I)c1C#N. The molecule has 0 spiro atoms. The zero-order valence-electron chi connectivity index (χ0n) is 5.09. The molecule has 0 aliphatic carbocycles. The fourth-order valence-electron chi connectivity index (χ4n) is 0.488. The minimum Gasteiger partial charge on any atom is -0.479 e. The number of halogens is 1. The summed E-state index contributed by atoms with van der Waals surface area (Å²) in [5.41, 5.74) is 0.535. The number of ether oxygens (including phenoxy) is 1. The van der Waals surface area contributed by atoms with Crippen molar-refractivity contribution in [3.8, 4) is 11.9 Å². The first kappa shape index (κ1) is 7.75. The molecule has 0 aliphatic rings. The van der Waals surface area contributed by atoms with Gasteiger partial charge in [0, 0.05) is 0 Å². The van der Waals surface area contributed by atoms with E-state index in [1.54, 1.807) is 0 Å². The number of rotatable bonds is 1. The van der Waals surface area contributed by atoms with Crippen LogP contribution in [0.15, 0.2) is 0 Å². The molecule has 0 amide bonds. The van der Waals surface area contributed by atoms with Gasteiger partial charge in [0.2, 0.25) is 5.88 Å². The summed E-state index contributed by atoms with van der Waals surface area (Å²) in [6.45, 7) is 0. The maximum Gasteiger partial charge on any atom is 0.244 e. The molecule has 0 aromatic carbocycles. The van der Waals surface area contributed by atoms with E-state index < -0.39 is 0 Å². The predicted octanol–water partition coefficient (Wildman–Crippen LogP) is 1.63. The van der Waals surface area contributed by atoms with Crippen LogP contribution in [-0.4, -0.2) is 11.5 Å². The van der Waals surface area contributed by atoms with Crippen LogP contribution in [-0.2, 0) is 0 Å². The van der Waals surface area contributed by atoms with Gasteiger partial charge in [-0.25, -0.2) is 0 Å². The number of nitrogens with zero attached hydrogens (tertiary/aromatic N) is 2. The van der Waals surface area contributed by atoms with Crippen LogP contribution in [0.2, 0.25) is 0 Å². The summed E-state index contributed by atoms with van der Waals surface area (Å²) in [4.78, 5) is 0. The second-order valence-electron chi connectivity index (χ2n) is 1.45. The highest BCUT2D eigenvalue weighted by Gasteiger charge is 2.10. The second-order valence-corrected chi connectivity index (χ2v) is 4.04. The number of hydrogen-bond acceptors (Lipinski definition) is 4. The summed E-state index contributed by atoms with van der Waals surface area (Å²) in [5, 5.41) is 8.55. The Morgan fingerprint density at radius 1 is 1.80 bits per heavy atom.